The van der Waals surface area contributed by atoms with Crippen LogP contribution in [-0.2, 0) is 9.53 Å². The van der Waals surface area contributed by atoms with Gasteiger partial charge in [0.05, 0.1) is 6.10 Å². The number of likely N-dealkylation sites (tertiary alicyclic amines) is 1. The Morgan fingerprint density at radius 3 is 2.54 bits per heavy atom. The number of carbonyl (C=O) groups excluding carboxylic acids is 1. The standard InChI is InChI=1S/C19H36N4O2.HI/c1-2-20-19(22-13-11-18(24)23-14-6-7-15-23)21-12-8-16-25-17-9-4-3-5-10-17;/h17H,2-16H2,1H3,(H2,20,21,22);1H. The van der Waals surface area contributed by atoms with E-state index in [4.69, 9.17) is 4.74 Å². The van der Waals surface area contributed by atoms with Crippen molar-refractivity contribution in [1.29, 1.82) is 0 Å². The van der Waals surface area contributed by atoms with Crippen LogP contribution in [0.4, 0.5) is 0 Å². The minimum Gasteiger partial charge on any atom is -0.378 e. The summed E-state index contributed by atoms with van der Waals surface area (Å²) in [5.41, 5.74) is 0. The van der Waals surface area contributed by atoms with Crippen molar-refractivity contribution in [2.24, 2.45) is 4.99 Å². The maximum absolute atomic E-state index is 12.0. The van der Waals surface area contributed by atoms with Gasteiger partial charge in [-0.05, 0) is 39.0 Å². The fourth-order valence-corrected chi connectivity index (χ4v) is 3.49. The van der Waals surface area contributed by atoms with E-state index in [0.29, 0.717) is 19.1 Å². The summed E-state index contributed by atoms with van der Waals surface area (Å²) >= 11 is 0. The Labute approximate surface area is 175 Å². The van der Waals surface area contributed by atoms with Crippen molar-refractivity contribution in [1.82, 2.24) is 15.5 Å². The van der Waals surface area contributed by atoms with E-state index in [1.54, 1.807) is 0 Å². The number of guanidine groups is 1. The lowest BCUT2D eigenvalue weighted by molar-refractivity contribution is -0.129. The SMILES string of the molecule is CCNC(=NCCCOC1CCCCC1)NCCC(=O)N1CCCC1.I. The molecule has 0 unspecified atom stereocenters. The number of amides is 1. The van der Waals surface area contributed by atoms with Crippen molar-refractivity contribution in [3.63, 3.8) is 0 Å². The van der Waals surface area contributed by atoms with Gasteiger partial charge in [0.15, 0.2) is 5.96 Å². The van der Waals surface area contributed by atoms with E-state index in [-0.39, 0.29) is 29.9 Å². The first-order valence-corrected chi connectivity index (χ1v) is 10.2. The number of aliphatic imine (C=N–C) groups is 1. The van der Waals surface area contributed by atoms with E-state index in [1.807, 2.05) is 4.90 Å². The average molecular weight is 480 g/mol. The molecule has 0 aromatic carbocycles. The fraction of sp³-hybridized carbons (Fsp3) is 0.895. The smallest absolute Gasteiger partial charge is 0.224 e. The van der Waals surface area contributed by atoms with Crippen LogP contribution in [0.15, 0.2) is 4.99 Å². The monoisotopic (exact) mass is 480 g/mol. The molecule has 0 aromatic heterocycles. The maximum Gasteiger partial charge on any atom is 0.224 e. The minimum absolute atomic E-state index is 0. The van der Waals surface area contributed by atoms with Crippen molar-refractivity contribution in [3.8, 4) is 0 Å². The van der Waals surface area contributed by atoms with Crippen LogP contribution in [0.1, 0.15) is 64.7 Å². The summed E-state index contributed by atoms with van der Waals surface area (Å²) in [6.45, 7) is 6.91. The van der Waals surface area contributed by atoms with Crippen LogP contribution in [-0.4, -0.2) is 62.2 Å². The number of ether oxygens (including phenoxy) is 1. The van der Waals surface area contributed by atoms with Gasteiger partial charge in [-0.3, -0.25) is 9.79 Å². The van der Waals surface area contributed by atoms with Gasteiger partial charge in [-0.1, -0.05) is 19.3 Å². The van der Waals surface area contributed by atoms with Crippen molar-refractivity contribution >= 4 is 35.8 Å². The number of hydrogen-bond acceptors (Lipinski definition) is 3. The summed E-state index contributed by atoms with van der Waals surface area (Å²) in [6.07, 6.45) is 10.7. The second-order valence-electron chi connectivity index (χ2n) is 7.01. The Balaban J connectivity index is 0.00000338. The quantitative estimate of drug-likeness (QED) is 0.231. The molecule has 6 nitrogen and oxygen atoms in total. The van der Waals surface area contributed by atoms with Crippen LogP contribution in [0.5, 0.6) is 0 Å². The molecule has 0 bridgehead atoms. The van der Waals surface area contributed by atoms with E-state index < -0.39 is 0 Å². The number of nitrogens with zero attached hydrogens (tertiary/aromatic N) is 2. The van der Waals surface area contributed by atoms with Gasteiger partial charge in [0, 0.05) is 45.8 Å². The Bertz CT molecular complexity index is 408. The highest BCUT2D eigenvalue weighted by atomic mass is 127. The molecule has 0 aromatic rings. The fourth-order valence-electron chi connectivity index (χ4n) is 3.49. The topological polar surface area (TPSA) is 66.0 Å². The molecule has 152 valence electrons. The zero-order chi connectivity index (χ0) is 17.7. The molecule has 1 aliphatic carbocycles. The molecule has 7 heteroatoms. The molecule has 0 radical (unpaired) electrons. The van der Waals surface area contributed by atoms with Gasteiger partial charge in [0.25, 0.3) is 0 Å². The molecule has 1 saturated carbocycles. The van der Waals surface area contributed by atoms with E-state index in [0.717, 1.165) is 58.0 Å². The maximum atomic E-state index is 12.0. The summed E-state index contributed by atoms with van der Waals surface area (Å²) in [6, 6.07) is 0. The molecule has 2 N–H and O–H groups in total. The summed E-state index contributed by atoms with van der Waals surface area (Å²) in [5, 5.41) is 6.51. The molecule has 0 spiro atoms. The zero-order valence-electron chi connectivity index (χ0n) is 16.3. The summed E-state index contributed by atoms with van der Waals surface area (Å²) in [7, 11) is 0. The molecule has 2 fully saturated rings. The van der Waals surface area contributed by atoms with Crippen molar-refractivity contribution in [2.75, 3.05) is 39.3 Å². The first kappa shape index (κ1) is 23.5. The Hall–Kier alpha value is -0.570. The number of rotatable bonds is 9. The zero-order valence-corrected chi connectivity index (χ0v) is 18.6. The van der Waals surface area contributed by atoms with E-state index in [2.05, 4.69) is 22.5 Å². The first-order valence-electron chi connectivity index (χ1n) is 10.2. The average Bonchev–Trinajstić information content (AvgIpc) is 3.17. The van der Waals surface area contributed by atoms with Crippen LogP contribution in [0, 0.1) is 0 Å². The van der Waals surface area contributed by atoms with Crippen LogP contribution in [0.3, 0.4) is 0 Å². The van der Waals surface area contributed by atoms with Gasteiger partial charge in [0.2, 0.25) is 5.91 Å². The van der Waals surface area contributed by atoms with Crippen LogP contribution < -0.4 is 10.6 Å². The predicted octanol–water partition coefficient (Wildman–Crippen LogP) is 2.91. The van der Waals surface area contributed by atoms with Gasteiger partial charge in [-0.2, -0.15) is 0 Å². The summed E-state index contributed by atoms with van der Waals surface area (Å²) in [4.78, 5) is 18.6. The van der Waals surface area contributed by atoms with Crippen LogP contribution >= 0.6 is 24.0 Å². The molecule has 2 aliphatic rings. The molecule has 1 saturated heterocycles. The van der Waals surface area contributed by atoms with Gasteiger partial charge in [-0.15, -0.1) is 24.0 Å². The molecule has 1 heterocycles. The summed E-state index contributed by atoms with van der Waals surface area (Å²) < 4.78 is 5.93. The number of halogens is 1. The second-order valence-corrected chi connectivity index (χ2v) is 7.01. The van der Waals surface area contributed by atoms with E-state index in [9.17, 15) is 4.79 Å². The Morgan fingerprint density at radius 2 is 1.85 bits per heavy atom. The van der Waals surface area contributed by atoms with Crippen molar-refractivity contribution < 1.29 is 9.53 Å². The van der Waals surface area contributed by atoms with Crippen LogP contribution in [0.25, 0.3) is 0 Å². The Morgan fingerprint density at radius 1 is 1.12 bits per heavy atom. The minimum atomic E-state index is 0. The lowest BCUT2D eigenvalue weighted by Gasteiger charge is -2.21. The van der Waals surface area contributed by atoms with Crippen molar-refractivity contribution in [2.45, 2.75) is 70.8 Å². The third-order valence-corrected chi connectivity index (χ3v) is 4.91. The molecular weight excluding hydrogens is 443 g/mol. The van der Waals surface area contributed by atoms with E-state index in [1.165, 1.54) is 32.1 Å². The number of nitrogens with one attached hydrogen (secondary N) is 2. The van der Waals surface area contributed by atoms with Gasteiger partial charge >= 0.3 is 0 Å². The molecular formula is C19H37IN4O2. The van der Waals surface area contributed by atoms with Crippen LogP contribution in [0.2, 0.25) is 0 Å². The van der Waals surface area contributed by atoms with Gasteiger partial charge < -0.3 is 20.3 Å². The highest BCUT2D eigenvalue weighted by Gasteiger charge is 2.17. The first-order chi connectivity index (χ1) is 12.3. The molecule has 2 rings (SSSR count). The number of carbonyl (C=O) groups is 1. The highest BCUT2D eigenvalue weighted by molar-refractivity contribution is 14.0. The van der Waals surface area contributed by atoms with Crippen molar-refractivity contribution in [3.05, 3.63) is 0 Å². The van der Waals surface area contributed by atoms with Gasteiger partial charge in [0.1, 0.15) is 0 Å². The molecule has 1 amide bonds. The second kappa shape index (κ2) is 14.5. The van der Waals surface area contributed by atoms with Gasteiger partial charge in [-0.25, -0.2) is 0 Å². The normalized spacial score (nSPS) is 18.5. The molecule has 26 heavy (non-hydrogen) atoms. The largest absolute Gasteiger partial charge is 0.378 e. The lowest BCUT2D eigenvalue weighted by Crippen LogP contribution is -2.39. The third-order valence-electron chi connectivity index (χ3n) is 4.91. The Kier molecular flexibility index (Phi) is 13.1. The highest BCUT2D eigenvalue weighted by Crippen LogP contribution is 2.20. The van der Waals surface area contributed by atoms with E-state index >= 15 is 0 Å². The number of hydrogen-bond donors (Lipinski definition) is 2. The summed E-state index contributed by atoms with van der Waals surface area (Å²) in [5.74, 6) is 1.05. The lowest BCUT2D eigenvalue weighted by atomic mass is 9.98. The predicted molar refractivity (Wildman–Crippen MR) is 117 cm³/mol. The molecule has 0 atom stereocenters. The third kappa shape index (κ3) is 9.39. The molecule has 1 aliphatic heterocycles.